The van der Waals surface area contributed by atoms with E-state index in [2.05, 4.69) is 16.0 Å². The molecule has 1 aromatic carbocycles. The van der Waals surface area contributed by atoms with Crippen LogP contribution in [0.2, 0.25) is 0 Å². The first-order chi connectivity index (χ1) is 12.1. The molecular weight excluding hydrogens is 324 g/mol. The Balaban J connectivity index is 1.38. The molecule has 8 heteroatoms. The number of benzene rings is 1. The minimum absolute atomic E-state index is 0.0382. The second-order valence-electron chi connectivity index (χ2n) is 6.50. The molecule has 0 unspecified atom stereocenters. The van der Waals surface area contributed by atoms with Gasteiger partial charge in [0.15, 0.2) is 0 Å². The molecule has 3 N–H and O–H groups in total. The van der Waals surface area contributed by atoms with Gasteiger partial charge in [0.05, 0.1) is 23.8 Å². The maximum Gasteiger partial charge on any atom is 0.319 e. The van der Waals surface area contributed by atoms with Crippen LogP contribution < -0.4 is 16.0 Å². The minimum atomic E-state index is -0.370. The van der Waals surface area contributed by atoms with Crippen molar-refractivity contribution in [2.75, 3.05) is 31.6 Å². The number of amides is 4. The van der Waals surface area contributed by atoms with Crippen LogP contribution in [0.25, 0.3) is 0 Å². The second-order valence-corrected chi connectivity index (χ2v) is 6.50. The van der Waals surface area contributed by atoms with E-state index < -0.39 is 0 Å². The van der Waals surface area contributed by atoms with Crippen molar-refractivity contribution < 1.29 is 19.1 Å². The van der Waals surface area contributed by atoms with Crippen LogP contribution in [0.4, 0.5) is 10.5 Å². The Morgan fingerprint density at radius 3 is 2.76 bits per heavy atom. The molecule has 25 heavy (non-hydrogen) atoms. The van der Waals surface area contributed by atoms with Gasteiger partial charge < -0.3 is 20.7 Å². The van der Waals surface area contributed by atoms with Crippen molar-refractivity contribution in [3.8, 4) is 0 Å². The fourth-order valence-electron chi connectivity index (χ4n) is 3.13. The van der Waals surface area contributed by atoms with Gasteiger partial charge in [0, 0.05) is 31.4 Å². The summed E-state index contributed by atoms with van der Waals surface area (Å²) in [5.74, 6) is -0.506. The van der Waals surface area contributed by atoms with Crippen LogP contribution in [0.15, 0.2) is 18.2 Å². The van der Waals surface area contributed by atoms with E-state index in [0.29, 0.717) is 36.5 Å². The summed E-state index contributed by atoms with van der Waals surface area (Å²) in [6.45, 7) is 2.55. The van der Waals surface area contributed by atoms with Gasteiger partial charge in [-0.25, -0.2) is 4.79 Å². The molecule has 0 radical (unpaired) electrons. The molecule has 1 saturated heterocycles. The minimum Gasteiger partial charge on any atom is -0.374 e. The highest BCUT2D eigenvalue weighted by Gasteiger charge is 2.44. The van der Waals surface area contributed by atoms with E-state index in [4.69, 9.17) is 4.74 Å². The summed E-state index contributed by atoms with van der Waals surface area (Å²) in [4.78, 5) is 38.1. The Kier molecular flexibility index (Phi) is 4.14. The molecule has 0 spiro atoms. The van der Waals surface area contributed by atoms with E-state index in [0.717, 1.165) is 19.4 Å². The fraction of sp³-hybridized carbons (Fsp3) is 0.471. The predicted octanol–water partition coefficient (Wildman–Crippen LogP) is 0.555. The first-order valence-corrected chi connectivity index (χ1v) is 8.52. The van der Waals surface area contributed by atoms with Gasteiger partial charge in [0.2, 0.25) is 0 Å². The lowest BCUT2D eigenvalue weighted by Crippen LogP contribution is -2.46. The standard InChI is InChI=1S/C17H20N4O4/c22-15-13-4-1-10(7-14(13)16(23)21(15)11-2-3-11)20-17(24)19-9-12-8-18-5-6-25-12/h1,4,7,11-12,18H,2-3,5-6,8-9H2,(H2,19,20,24)/t12-/m0/s1. The van der Waals surface area contributed by atoms with Crippen LogP contribution in [-0.2, 0) is 4.74 Å². The van der Waals surface area contributed by atoms with Gasteiger partial charge >= 0.3 is 6.03 Å². The molecule has 132 valence electrons. The summed E-state index contributed by atoms with van der Waals surface area (Å²) >= 11 is 0. The summed E-state index contributed by atoms with van der Waals surface area (Å²) < 4.78 is 5.51. The Morgan fingerprint density at radius 1 is 1.24 bits per heavy atom. The largest absolute Gasteiger partial charge is 0.374 e. The highest BCUT2D eigenvalue weighted by atomic mass is 16.5. The fourth-order valence-corrected chi connectivity index (χ4v) is 3.13. The molecule has 0 bridgehead atoms. The number of carbonyl (C=O) groups excluding carboxylic acids is 3. The number of carbonyl (C=O) groups is 3. The van der Waals surface area contributed by atoms with Crippen LogP contribution in [0, 0.1) is 0 Å². The first kappa shape index (κ1) is 16.0. The van der Waals surface area contributed by atoms with E-state index in [1.54, 1.807) is 18.2 Å². The quantitative estimate of drug-likeness (QED) is 0.693. The average molecular weight is 344 g/mol. The highest BCUT2D eigenvalue weighted by molar-refractivity contribution is 6.22. The molecule has 2 heterocycles. The van der Waals surface area contributed by atoms with Crippen molar-refractivity contribution in [2.45, 2.75) is 25.0 Å². The molecule has 4 rings (SSSR count). The molecule has 1 aliphatic carbocycles. The third-order valence-corrected chi connectivity index (χ3v) is 4.58. The molecule has 8 nitrogen and oxygen atoms in total. The van der Waals surface area contributed by atoms with Gasteiger partial charge in [-0.05, 0) is 31.0 Å². The Hall–Kier alpha value is -2.45. The van der Waals surface area contributed by atoms with Crippen LogP contribution >= 0.6 is 0 Å². The van der Waals surface area contributed by atoms with Crippen LogP contribution in [0.5, 0.6) is 0 Å². The zero-order valence-electron chi connectivity index (χ0n) is 13.7. The molecular formula is C17H20N4O4. The maximum absolute atomic E-state index is 12.4. The number of imide groups is 1. The number of nitrogens with zero attached hydrogens (tertiary/aromatic N) is 1. The molecule has 2 aliphatic heterocycles. The van der Waals surface area contributed by atoms with E-state index >= 15 is 0 Å². The van der Waals surface area contributed by atoms with Crippen molar-refractivity contribution in [3.63, 3.8) is 0 Å². The number of fused-ring (bicyclic) bond motifs is 1. The summed E-state index contributed by atoms with van der Waals surface area (Å²) in [6.07, 6.45) is 1.69. The third-order valence-electron chi connectivity index (χ3n) is 4.58. The van der Waals surface area contributed by atoms with Gasteiger partial charge in [0.1, 0.15) is 0 Å². The number of urea groups is 1. The van der Waals surface area contributed by atoms with E-state index in [1.807, 2.05) is 0 Å². The number of rotatable bonds is 4. The van der Waals surface area contributed by atoms with Gasteiger partial charge in [-0.1, -0.05) is 0 Å². The molecule has 4 amide bonds. The van der Waals surface area contributed by atoms with Crippen molar-refractivity contribution in [2.24, 2.45) is 0 Å². The van der Waals surface area contributed by atoms with Crippen LogP contribution in [-0.4, -0.2) is 61.1 Å². The predicted molar refractivity (Wildman–Crippen MR) is 89.6 cm³/mol. The lowest BCUT2D eigenvalue weighted by atomic mass is 10.1. The number of morpholine rings is 1. The monoisotopic (exact) mass is 344 g/mol. The average Bonchev–Trinajstić information content (AvgIpc) is 3.42. The summed E-state index contributed by atoms with van der Waals surface area (Å²) in [5, 5.41) is 8.64. The smallest absolute Gasteiger partial charge is 0.319 e. The number of hydrogen-bond donors (Lipinski definition) is 3. The van der Waals surface area contributed by atoms with Gasteiger partial charge in [-0.3, -0.25) is 14.5 Å². The summed E-state index contributed by atoms with van der Waals surface area (Å²) in [7, 11) is 0. The summed E-state index contributed by atoms with van der Waals surface area (Å²) in [5.41, 5.74) is 1.25. The van der Waals surface area contributed by atoms with Gasteiger partial charge in [0.25, 0.3) is 11.8 Å². The van der Waals surface area contributed by atoms with Gasteiger partial charge in [-0.15, -0.1) is 0 Å². The Labute approximate surface area is 144 Å². The number of nitrogens with one attached hydrogen (secondary N) is 3. The van der Waals surface area contributed by atoms with Crippen molar-refractivity contribution >= 4 is 23.5 Å². The maximum atomic E-state index is 12.4. The van der Waals surface area contributed by atoms with E-state index in [-0.39, 0.29) is 30.0 Å². The highest BCUT2D eigenvalue weighted by Crippen LogP contribution is 2.35. The van der Waals surface area contributed by atoms with Crippen molar-refractivity contribution in [1.29, 1.82) is 0 Å². The molecule has 2 fully saturated rings. The molecule has 1 aromatic rings. The third kappa shape index (κ3) is 3.22. The zero-order chi connectivity index (χ0) is 17.4. The summed E-state index contributed by atoms with van der Waals surface area (Å²) in [6, 6.07) is 4.47. The van der Waals surface area contributed by atoms with Crippen LogP contribution in [0.1, 0.15) is 33.6 Å². The van der Waals surface area contributed by atoms with Crippen molar-refractivity contribution in [3.05, 3.63) is 29.3 Å². The number of ether oxygens (including phenoxy) is 1. The lowest BCUT2D eigenvalue weighted by molar-refractivity contribution is 0.0310. The number of hydrogen-bond acceptors (Lipinski definition) is 5. The molecule has 3 aliphatic rings. The van der Waals surface area contributed by atoms with E-state index in [1.165, 1.54) is 4.90 Å². The Morgan fingerprint density at radius 2 is 2.04 bits per heavy atom. The van der Waals surface area contributed by atoms with E-state index in [9.17, 15) is 14.4 Å². The van der Waals surface area contributed by atoms with Crippen LogP contribution in [0.3, 0.4) is 0 Å². The Bertz CT molecular complexity index is 725. The topological polar surface area (TPSA) is 99.8 Å². The molecule has 1 atom stereocenters. The zero-order valence-corrected chi connectivity index (χ0v) is 13.7. The first-order valence-electron chi connectivity index (χ1n) is 8.52. The SMILES string of the molecule is O=C(NC[C@@H]1CNCCO1)Nc1ccc2c(c1)C(=O)N(C1CC1)C2=O. The van der Waals surface area contributed by atoms with Crippen molar-refractivity contribution in [1.82, 2.24) is 15.5 Å². The number of anilines is 1. The molecule has 1 saturated carbocycles. The lowest BCUT2D eigenvalue weighted by Gasteiger charge is -2.23. The molecule has 0 aromatic heterocycles. The van der Waals surface area contributed by atoms with Gasteiger partial charge in [-0.2, -0.15) is 0 Å². The normalized spacial score (nSPS) is 22.7. The second kappa shape index (κ2) is 6.45.